The third-order valence-corrected chi connectivity index (χ3v) is 5.40. The van der Waals surface area contributed by atoms with Crippen LogP contribution in [0.15, 0.2) is 101 Å². The number of aromatic nitrogens is 1. The van der Waals surface area contributed by atoms with Crippen molar-refractivity contribution in [3.8, 4) is 11.8 Å². The number of nitriles is 1. The molecule has 0 unspecified atom stereocenters. The van der Waals surface area contributed by atoms with E-state index in [1.54, 1.807) is 4.57 Å². The number of benzene rings is 3. The first-order valence-corrected chi connectivity index (χ1v) is 10.7. The highest BCUT2D eigenvalue weighted by atomic mass is 32.1. The zero-order valence-electron chi connectivity index (χ0n) is 17.3. The molecule has 0 aliphatic rings. The SMILES string of the molecule is CC(=O)Nc1c(C#N)sc(=NC(=Nc2ccccc2)c2ccccc2)n1-c1ccccc1. The number of thiazole rings is 1. The largest absolute Gasteiger partial charge is 0.310 e. The third kappa shape index (κ3) is 4.72. The lowest BCUT2D eigenvalue weighted by Gasteiger charge is -2.09. The van der Waals surface area contributed by atoms with Crippen LogP contribution in [0.5, 0.6) is 0 Å². The molecule has 3 aromatic carbocycles. The van der Waals surface area contributed by atoms with Gasteiger partial charge < -0.3 is 5.32 Å². The first-order chi connectivity index (χ1) is 15.7. The van der Waals surface area contributed by atoms with Gasteiger partial charge in [0, 0.05) is 18.2 Å². The number of carbonyl (C=O) groups is 1. The van der Waals surface area contributed by atoms with Gasteiger partial charge in [0.1, 0.15) is 16.8 Å². The Kier molecular flexibility index (Phi) is 6.35. The van der Waals surface area contributed by atoms with Crippen molar-refractivity contribution < 1.29 is 4.79 Å². The summed E-state index contributed by atoms with van der Waals surface area (Å²) in [5.74, 6) is 0.625. The maximum absolute atomic E-state index is 11.9. The van der Waals surface area contributed by atoms with Gasteiger partial charge in [0.2, 0.25) is 5.91 Å². The second kappa shape index (κ2) is 9.69. The normalized spacial score (nSPS) is 11.8. The number of amides is 1. The van der Waals surface area contributed by atoms with Gasteiger partial charge in [-0.15, -0.1) is 0 Å². The number of nitrogens with one attached hydrogen (secondary N) is 1. The van der Waals surface area contributed by atoms with Crippen LogP contribution in [-0.2, 0) is 4.79 Å². The van der Waals surface area contributed by atoms with Gasteiger partial charge in [-0.2, -0.15) is 5.26 Å². The second-order valence-electron chi connectivity index (χ2n) is 6.78. The van der Waals surface area contributed by atoms with Crippen molar-refractivity contribution in [3.63, 3.8) is 0 Å². The Labute approximate surface area is 189 Å². The van der Waals surface area contributed by atoms with E-state index in [4.69, 9.17) is 9.98 Å². The molecule has 4 aromatic rings. The van der Waals surface area contributed by atoms with Crippen molar-refractivity contribution in [2.24, 2.45) is 9.98 Å². The summed E-state index contributed by atoms with van der Waals surface area (Å²) in [5.41, 5.74) is 2.38. The minimum atomic E-state index is -0.267. The summed E-state index contributed by atoms with van der Waals surface area (Å²) in [5, 5.41) is 12.5. The highest BCUT2D eigenvalue weighted by molar-refractivity contribution is 7.10. The van der Waals surface area contributed by atoms with E-state index >= 15 is 0 Å². The van der Waals surface area contributed by atoms with Crippen LogP contribution in [0, 0.1) is 11.3 Å². The highest BCUT2D eigenvalue weighted by Crippen LogP contribution is 2.23. The Morgan fingerprint density at radius 1 is 0.938 bits per heavy atom. The molecule has 7 heteroatoms. The summed E-state index contributed by atoms with van der Waals surface area (Å²) in [6.07, 6.45) is 0. The molecule has 1 aromatic heterocycles. The van der Waals surface area contributed by atoms with Crippen molar-refractivity contribution in [2.75, 3.05) is 5.32 Å². The molecule has 1 heterocycles. The van der Waals surface area contributed by atoms with E-state index < -0.39 is 0 Å². The van der Waals surface area contributed by atoms with Crippen LogP contribution in [0.4, 0.5) is 11.5 Å². The predicted octanol–water partition coefficient (Wildman–Crippen LogP) is 5.05. The average molecular weight is 438 g/mol. The monoisotopic (exact) mass is 437 g/mol. The maximum atomic E-state index is 11.9. The molecule has 4 rings (SSSR count). The minimum Gasteiger partial charge on any atom is -0.310 e. The number of rotatable bonds is 4. The van der Waals surface area contributed by atoms with E-state index in [0.717, 1.165) is 16.9 Å². The van der Waals surface area contributed by atoms with E-state index in [0.29, 0.717) is 21.3 Å². The number of hydrogen-bond donors (Lipinski definition) is 1. The Morgan fingerprint density at radius 3 is 2.12 bits per heavy atom. The van der Waals surface area contributed by atoms with Crippen LogP contribution >= 0.6 is 11.3 Å². The Morgan fingerprint density at radius 2 is 1.53 bits per heavy atom. The first-order valence-electron chi connectivity index (χ1n) is 9.88. The van der Waals surface area contributed by atoms with Crippen LogP contribution < -0.4 is 10.1 Å². The third-order valence-electron chi connectivity index (χ3n) is 4.46. The lowest BCUT2D eigenvalue weighted by atomic mass is 10.2. The van der Waals surface area contributed by atoms with Crippen LogP contribution in [0.1, 0.15) is 17.4 Å². The molecular weight excluding hydrogens is 418 g/mol. The molecule has 156 valence electrons. The topological polar surface area (TPSA) is 82.5 Å². The second-order valence-corrected chi connectivity index (χ2v) is 7.75. The molecular formula is C25H19N5OS. The van der Waals surface area contributed by atoms with Crippen LogP contribution in [0.2, 0.25) is 0 Å². The summed E-state index contributed by atoms with van der Waals surface area (Å²) < 4.78 is 1.77. The Balaban J connectivity index is 2.00. The summed E-state index contributed by atoms with van der Waals surface area (Å²) >= 11 is 1.20. The maximum Gasteiger partial charge on any atom is 0.222 e. The Bertz CT molecular complexity index is 1360. The van der Waals surface area contributed by atoms with Gasteiger partial charge in [0.15, 0.2) is 10.6 Å². The van der Waals surface area contributed by atoms with Crippen molar-refractivity contribution in [1.29, 1.82) is 5.26 Å². The standard InChI is InChI=1S/C25H19N5OS/c1-18(31)27-24-22(17-26)32-25(30(24)21-15-9-4-10-16-21)29-23(19-11-5-2-6-12-19)28-20-13-7-3-8-14-20/h2-16H,1H3,(H,27,31). The van der Waals surface area contributed by atoms with Crippen LogP contribution in [-0.4, -0.2) is 16.3 Å². The van der Waals surface area contributed by atoms with E-state index in [-0.39, 0.29) is 5.91 Å². The molecule has 0 saturated carbocycles. The summed E-state index contributed by atoms with van der Waals surface area (Å²) in [6, 6.07) is 30.9. The zero-order valence-corrected chi connectivity index (χ0v) is 18.1. The van der Waals surface area contributed by atoms with E-state index in [1.807, 2.05) is 91.0 Å². The van der Waals surface area contributed by atoms with Crippen LogP contribution in [0.3, 0.4) is 0 Å². The summed E-state index contributed by atoms with van der Waals surface area (Å²) in [4.78, 5) is 22.4. The fraction of sp³-hybridized carbons (Fsp3) is 0.0400. The van der Waals surface area contributed by atoms with Gasteiger partial charge in [-0.1, -0.05) is 78.1 Å². The van der Waals surface area contributed by atoms with Crippen molar-refractivity contribution in [1.82, 2.24) is 4.57 Å². The molecule has 0 saturated heterocycles. The number of carbonyl (C=O) groups excluding carboxylic acids is 1. The van der Waals surface area contributed by atoms with Gasteiger partial charge in [-0.25, -0.2) is 9.98 Å². The lowest BCUT2D eigenvalue weighted by molar-refractivity contribution is -0.114. The minimum absolute atomic E-state index is 0.267. The number of nitrogens with zero attached hydrogens (tertiary/aromatic N) is 4. The number of para-hydroxylation sites is 2. The van der Waals surface area contributed by atoms with Gasteiger partial charge in [-0.05, 0) is 24.3 Å². The quantitative estimate of drug-likeness (QED) is 0.358. The predicted molar refractivity (Wildman–Crippen MR) is 127 cm³/mol. The van der Waals surface area contributed by atoms with Crippen molar-refractivity contribution in [3.05, 3.63) is 106 Å². The fourth-order valence-corrected chi connectivity index (χ4v) is 3.97. The van der Waals surface area contributed by atoms with Crippen molar-refractivity contribution in [2.45, 2.75) is 6.92 Å². The lowest BCUT2D eigenvalue weighted by Crippen LogP contribution is -2.20. The van der Waals surface area contributed by atoms with Gasteiger partial charge in [-0.3, -0.25) is 9.36 Å². The number of anilines is 1. The van der Waals surface area contributed by atoms with E-state index in [9.17, 15) is 10.1 Å². The van der Waals surface area contributed by atoms with E-state index in [2.05, 4.69) is 11.4 Å². The van der Waals surface area contributed by atoms with Gasteiger partial charge >= 0.3 is 0 Å². The molecule has 0 aliphatic carbocycles. The molecule has 1 N–H and O–H groups in total. The summed E-state index contributed by atoms with van der Waals surface area (Å²) in [6.45, 7) is 1.41. The molecule has 0 aliphatic heterocycles. The first kappa shape index (κ1) is 21.0. The molecule has 0 spiro atoms. The number of amidine groups is 1. The molecule has 0 fully saturated rings. The average Bonchev–Trinajstić information content (AvgIpc) is 3.16. The van der Waals surface area contributed by atoms with Gasteiger partial charge in [0.05, 0.1) is 5.69 Å². The Hall–Kier alpha value is -4.28. The highest BCUT2D eigenvalue weighted by Gasteiger charge is 2.17. The smallest absolute Gasteiger partial charge is 0.222 e. The molecule has 1 amide bonds. The molecule has 0 radical (unpaired) electrons. The molecule has 6 nitrogen and oxygen atoms in total. The van der Waals surface area contributed by atoms with Gasteiger partial charge in [0.25, 0.3) is 0 Å². The zero-order chi connectivity index (χ0) is 22.3. The molecule has 0 atom stereocenters. The van der Waals surface area contributed by atoms with E-state index in [1.165, 1.54) is 18.3 Å². The molecule has 0 bridgehead atoms. The molecule has 32 heavy (non-hydrogen) atoms. The van der Waals surface area contributed by atoms with Crippen LogP contribution in [0.25, 0.3) is 5.69 Å². The van der Waals surface area contributed by atoms with Crippen molar-refractivity contribution >= 4 is 34.6 Å². The fourth-order valence-electron chi connectivity index (χ4n) is 3.08. The summed E-state index contributed by atoms with van der Waals surface area (Å²) in [7, 11) is 0. The number of aliphatic imine (C=N–C) groups is 1. The number of hydrogen-bond acceptors (Lipinski definition) is 4.